The van der Waals surface area contributed by atoms with Crippen molar-refractivity contribution in [2.75, 3.05) is 6.54 Å². The van der Waals surface area contributed by atoms with Gasteiger partial charge in [0.2, 0.25) is 0 Å². The van der Waals surface area contributed by atoms with Crippen LogP contribution in [0.4, 0.5) is 13.2 Å². The SMILES string of the molecule is NCCCCc1c(-c2cccc(I)c2)[nH]c2c(C(F)(F)F)cccc12. The summed E-state index contributed by atoms with van der Waals surface area (Å²) in [6, 6.07) is 12.1. The number of hydrogen-bond acceptors (Lipinski definition) is 1. The molecule has 0 unspecified atom stereocenters. The normalized spacial score (nSPS) is 12.0. The minimum absolute atomic E-state index is 0.159. The number of rotatable bonds is 5. The molecule has 1 heterocycles. The zero-order valence-electron chi connectivity index (χ0n) is 13.5. The van der Waals surface area contributed by atoms with E-state index < -0.39 is 11.7 Å². The highest BCUT2D eigenvalue weighted by atomic mass is 127. The third-order valence-corrected chi connectivity index (χ3v) is 4.91. The van der Waals surface area contributed by atoms with Gasteiger partial charge < -0.3 is 10.7 Å². The maximum atomic E-state index is 13.4. The van der Waals surface area contributed by atoms with E-state index in [2.05, 4.69) is 27.6 Å². The fraction of sp³-hybridized carbons (Fsp3) is 0.263. The van der Waals surface area contributed by atoms with Gasteiger partial charge in [0, 0.05) is 14.7 Å². The summed E-state index contributed by atoms with van der Waals surface area (Å²) in [6.45, 7) is 0.578. The molecule has 0 amide bonds. The highest BCUT2D eigenvalue weighted by molar-refractivity contribution is 14.1. The first-order valence-corrected chi connectivity index (χ1v) is 9.16. The number of aromatic nitrogens is 1. The Bertz CT molecular complexity index is 884. The number of aromatic amines is 1. The van der Waals surface area contributed by atoms with E-state index in [4.69, 9.17) is 5.73 Å². The number of nitrogens with two attached hydrogens (primary N) is 1. The molecular formula is C19H18F3IN2. The molecule has 0 radical (unpaired) electrons. The average Bonchev–Trinajstić information content (AvgIpc) is 2.93. The predicted octanol–water partition coefficient (Wildman–Crippen LogP) is 5.74. The van der Waals surface area contributed by atoms with Crippen LogP contribution in [0.1, 0.15) is 24.0 Å². The summed E-state index contributed by atoms with van der Waals surface area (Å²) in [6.07, 6.45) is -2.01. The van der Waals surface area contributed by atoms with Crippen molar-refractivity contribution in [2.24, 2.45) is 5.73 Å². The lowest BCUT2D eigenvalue weighted by Gasteiger charge is -2.07. The zero-order chi connectivity index (χ0) is 18.0. The van der Waals surface area contributed by atoms with E-state index in [-0.39, 0.29) is 5.52 Å². The molecule has 3 rings (SSSR count). The second kappa shape index (κ2) is 7.37. The minimum atomic E-state index is -4.39. The summed E-state index contributed by atoms with van der Waals surface area (Å²) in [5.74, 6) is 0. The number of H-pyrrole nitrogens is 1. The monoisotopic (exact) mass is 458 g/mol. The molecule has 132 valence electrons. The Morgan fingerprint density at radius 3 is 2.48 bits per heavy atom. The van der Waals surface area contributed by atoms with Crippen molar-refractivity contribution >= 4 is 33.5 Å². The van der Waals surface area contributed by atoms with Crippen molar-refractivity contribution < 1.29 is 13.2 Å². The summed E-state index contributed by atoms with van der Waals surface area (Å²) in [5, 5.41) is 0.640. The van der Waals surface area contributed by atoms with Crippen LogP contribution in [0.25, 0.3) is 22.2 Å². The summed E-state index contributed by atoms with van der Waals surface area (Å²) < 4.78 is 41.2. The van der Waals surface area contributed by atoms with Crippen LogP contribution in [-0.4, -0.2) is 11.5 Å². The largest absolute Gasteiger partial charge is 0.418 e. The van der Waals surface area contributed by atoms with Crippen molar-refractivity contribution in [3.63, 3.8) is 0 Å². The molecule has 2 aromatic carbocycles. The van der Waals surface area contributed by atoms with Crippen LogP contribution in [-0.2, 0) is 12.6 Å². The fourth-order valence-corrected chi connectivity index (χ4v) is 3.65. The van der Waals surface area contributed by atoms with Gasteiger partial charge >= 0.3 is 6.18 Å². The second-order valence-electron chi connectivity index (χ2n) is 5.96. The molecule has 6 heteroatoms. The van der Waals surface area contributed by atoms with E-state index in [1.165, 1.54) is 6.07 Å². The highest BCUT2D eigenvalue weighted by Crippen LogP contribution is 2.39. The van der Waals surface area contributed by atoms with E-state index in [1.54, 1.807) is 6.07 Å². The van der Waals surface area contributed by atoms with Gasteiger partial charge in [-0.25, -0.2) is 0 Å². The van der Waals surface area contributed by atoms with Crippen molar-refractivity contribution in [1.82, 2.24) is 4.98 Å². The molecule has 0 aliphatic heterocycles. The molecule has 0 fully saturated rings. The third kappa shape index (κ3) is 3.84. The van der Waals surface area contributed by atoms with Gasteiger partial charge in [0.05, 0.1) is 11.1 Å². The zero-order valence-corrected chi connectivity index (χ0v) is 15.6. The Hall–Kier alpha value is -1.54. The van der Waals surface area contributed by atoms with Gasteiger partial charge in [-0.1, -0.05) is 24.3 Å². The van der Waals surface area contributed by atoms with Crippen molar-refractivity contribution in [1.29, 1.82) is 0 Å². The van der Waals surface area contributed by atoms with Crippen molar-refractivity contribution in [3.8, 4) is 11.3 Å². The average molecular weight is 458 g/mol. The Morgan fingerprint density at radius 1 is 1.04 bits per heavy atom. The first-order chi connectivity index (χ1) is 11.9. The molecule has 0 aliphatic carbocycles. The van der Waals surface area contributed by atoms with Crippen LogP contribution in [0.15, 0.2) is 42.5 Å². The molecule has 0 aliphatic rings. The Morgan fingerprint density at radius 2 is 1.80 bits per heavy atom. The first-order valence-electron chi connectivity index (χ1n) is 8.08. The number of unbranched alkanes of at least 4 members (excludes halogenated alkanes) is 1. The maximum absolute atomic E-state index is 13.4. The van der Waals surface area contributed by atoms with Crippen LogP contribution in [0.5, 0.6) is 0 Å². The first kappa shape index (κ1) is 18.3. The lowest BCUT2D eigenvalue weighted by molar-refractivity contribution is -0.136. The topological polar surface area (TPSA) is 41.8 Å². The fourth-order valence-electron chi connectivity index (χ4n) is 3.11. The molecule has 0 saturated heterocycles. The molecule has 3 aromatic rings. The molecule has 2 nitrogen and oxygen atoms in total. The van der Waals surface area contributed by atoms with Gasteiger partial charge in [0.25, 0.3) is 0 Å². The number of halogens is 4. The molecule has 0 spiro atoms. The van der Waals surface area contributed by atoms with E-state index in [0.29, 0.717) is 18.4 Å². The number of hydrogen-bond donors (Lipinski definition) is 2. The number of benzene rings is 2. The molecule has 0 atom stereocenters. The van der Waals surface area contributed by atoms with Crippen LogP contribution < -0.4 is 5.73 Å². The van der Waals surface area contributed by atoms with Gasteiger partial charge in [0.1, 0.15) is 0 Å². The summed E-state index contributed by atoms with van der Waals surface area (Å²) >= 11 is 2.21. The summed E-state index contributed by atoms with van der Waals surface area (Å²) in [7, 11) is 0. The van der Waals surface area contributed by atoms with Crippen LogP contribution in [0.3, 0.4) is 0 Å². The van der Waals surface area contributed by atoms with Gasteiger partial charge in [-0.05, 0) is 77.7 Å². The predicted molar refractivity (Wildman–Crippen MR) is 103 cm³/mol. The molecule has 25 heavy (non-hydrogen) atoms. The number of fused-ring (bicyclic) bond motifs is 1. The van der Waals surface area contributed by atoms with Crippen LogP contribution >= 0.6 is 22.6 Å². The van der Waals surface area contributed by atoms with E-state index in [0.717, 1.165) is 39.3 Å². The standard InChI is InChI=1S/C19H18F3IN2/c20-19(21,22)16-9-4-8-15-14(7-1-2-10-24)17(25-18(15)16)12-5-3-6-13(23)11-12/h3-6,8-9,11,25H,1-2,7,10,24H2. The molecule has 0 bridgehead atoms. The van der Waals surface area contributed by atoms with Gasteiger partial charge in [0.15, 0.2) is 0 Å². The number of para-hydroxylation sites is 1. The Balaban J connectivity index is 2.22. The highest BCUT2D eigenvalue weighted by Gasteiger charge is 2.33. The lowest BCUT2D eigenvalue weighted by Crippen LogP contribution is -2.05. The lowest BCUT2D eigenvalue weighted by atomic mass is 9.99. The second-order valence-corrected chi connectivity index (χ2v) is 7.21. The Kier molecular flexibility index (Phi) is 5.38. The molecule has 1 aromatic heterocycles. The molecule has 3 N–H and O–H groups in total. The number of nitrogens with one attached hydrogen (secondary N) is 1. The van der Waals surface area contributed by atoms with E-state index in [9.17, 15) is 13.2 Å². The smallest absolute Gasteiger partial charge is 0.354 e. The number of aryl methyl sites for hydroxylation is 1. The van der Waals surface area contributed by atoms with Crippen molar-refractivity contribution in [3.05, 3.63) is 57.2 Å². The summed E-state index contributed by atoms with van der Waals surface area (Å²) in [5.41, 5.74) is 7.70. The van der Waals surface area contributed by atoms with E-state index >= 15 is 0 Å². The minimum Gasteiger partial charge on any atom is -0.354 e. The van der Waals surface area contributed by atoms with E-state index in [1.807, 2.05) is 24.3 Å². The van der Waals surface area contributed by atoms with Gasteiger partial charge in [-0.3, -0.25) is 0 Å². The van der Waals surface area contributed by atoms with Gasteiger partial charge in [-0.2, -0.15) is 13.2 Å². The van der Waals surface area contributed by atoms with Crippen molar-refractivity contribution in [2.45, 2.75) is 25.4 Å². The molecular weight excluding hydrogens is 440 g/mol. The van der Waals surface area contributed by atoms with Gasteiger partial charge in [-0.15, -0.1) is 0 Å². The molecule has 0 saturated carbocycles. The van der Waals surface area contributed by atoms with Crippen LogP contribution in [0, 0.1) is 3.57 Å². The Labute approximate surface area is 157 Å². The summed E-state index contributed by atoms with van der Waals surface area (Å²) in [4.78, 5) is 3.06. The third-order valence-electron chi connectivity index (χ3n) is 4.24. The quantitative estimate of drug-likeness (QED) is 0.372. The number of alkyl halides is 3. The van der Waals surface area contributed by atoms with Crippen LogP contribution in [0.2, 0.25) is 0 Å². The maximum Gasteiger partial charge on any atom is 0.418 e.